The summed E-state index contributed by atoms with van der Waals surface area (Å²) < 4.78 is 0. The molecule has 1 N–H and O–H groups in total. The maximum atomic E-state index is 9.38. The molecule has 0 amide bonds. The molecular formula is C15H21N3S. The fourth-order valence-corrected chi connectivity index (χ4v) is 4.17. The van der Waals surface area contributed by atoms with Gasteiger partial charge in [0.25, 0.3) is 0 Å². The van der Waals surface area contributed by atoms with Crippen molar-refractivity contribution in [3.8, 4) is 6.07 Å². The summed E-state index contributed by atoms with van der Waals surface area (Å²) in [6.45, 7) is 7.05. The summed E-state index contributed by atoms with van der Waals surface area (Å²) in [5.74, 6) is 0. The van der Waals surface area contributed by atoms with Crippen molar-refractivity contribution in [2.75, 3.05) is 6.54 Å². The molecule has 1 aromatic heterocycles. The van der Waals surface area contributed by atoms with Crippen molar-refractivity contribution in [1.82, 2.24) is 10.3 Å². The third-order valence-corrected chi connectivity index (χ3v) is 4.75. The minimum Gasteiger partial charge on any atom is -0.300 e. The molecule has 1 aliphatic rings. The van der Waals surface area contributed by atoms with E-state index in [1.54, 1.807) is 0 Å². The van der Waals surface area contributed by atoms with Crippen LogP contribution >= 0.6 is 11.8 Å². The first-order chi connectivity index (χ1) is 9.07. The van der Waals surface area contributed by atoms with Gasteiger partial charge in [0.1, 0.15) is 5.54 Å². The summed E-state index contributed by atoms with van der Waals surface area (Å²) in [6.07, 6.45) is 2.94. The van der Waals surface area contributed by atoms with Crippen LogP contribution in [0.3, 0.4) is 0 Å². The lowest BCUT2D eigenvalue weighted by Gasteiger charge is -2.21. The molecule has 1 aliphatic carbocycles. The van der Waals surface area contributed by atoms with Crippen molar-refractivity contribution in [2.45, 2.75) is 55.8 Å². The fraction of sp³-hybridized carbons (Fsp3) is 0.600. The quantitative estimate of drug-likeness (QED) is 0.916. The summed E-state index contributed by atoms with van der Waals surface area (Å²) >= 11 is 1.82. The first-order valence-corrected chi connectivity index (χ1v) is 7.73. The van der Waals surface area contributed by atoms with Crippen LogP contribution in [0, 0.1) is 25.2 Å². The fourth-order valence-electron chi connectivity index (χ4n) is 2.78. The highest BCUT2D eigenvalue weighted by molar-refractivity contribution is 7.99. The molecule has 1 aromatic rings. The second kappa shape index (κ2) is 5.94. The molecule has 2 unspecified atom stereocenters. The Morgan fingerprint density at radius 3 is 2.95 bits per heavy atom. The number of nitrogens with zero attached hydrogens (tertiary/aromatic N) is 2. The maximum Gasteiger partial charge on any atom is 0.107 e. The summed E-state index contributed by atoms with van der Waals surface area (Å²) in [5.41, 5.74) is 2.01. The highest BCUT2D eigenvalue weighted by Gasteiger charge is 2.39. The van der Waals surface area contributed by atoms with Gasteiger partial charge < -0.3 is 0 Å². The number of aryl methyl sites for hydroxylation is 2. The lowest BCUT2D eigenvalue weighted by atomic mass is 10.0. The standard InChI is InChI=1S/C15H21N3S/c1-4-17-15(10-16)6-5-13(9-15)19-14-8-11(2)7-12(3)18-14/h7-8,13,17H,4-6,9H2,1-3H3. The van der Waals surface area contributed by atoms with Crippen LogP contribution < -0.4 is 5.32 Å². The molecule has 2 rings (SSSR count). The van der Waals surface area contributed by atoms with Gasteiger partial charge in [-0.25, -0.2) is 4.98 Å². The minimum atomic E-state index is -0.314. The molecule has 19 heavy (non-hydrogen) atoms. The molecule has 102 valence electrons. The average Bonchev–Trinajstić information content (AvgIpc) is 2.72. The van der Waals surface area contributed by atoms with E-state index in [0.29, 0.717) is 5.25 Å². The van der Waals surface area contributed by atoms with Crippen LogP contribution in [0.4, 0.5) is 0 Å². The Morgan fingerprint density at radius 1 is 1.53 bits per heavy atom. The van der Waals surface area contributed by atoms with E-state index in [0.717, 1.165) is 36.5 Å². The summed E-state index contributed by atoms with van der Waals surface area (Å²) in [6, 6.07) is 6.70. The van der Waals surface area contributed by atoms with Crippen LogP contribution in [0.1, 0.15) is 37.4 Å². The molecule has 1 heterocycles. The van der Waals surface area contributed by atoms with E-state index in [2.05, 4.69) is 42.4 Å². The first-order valence-electron chi connectivity index (χ1n) is 6.85. The van der Waals surface area contributed by atoms with Gasteiger partial charge >= 0.3 is 0 Å². The first kappa shape index (κ1) is 14.4. The number of nitriles is 1. The van der Waals surface area contributed by atoms with E-state index < -0.39 is 0 Å². The number of nitrogens with one attached hydrogen (secondary N) is 1. The lowest BCUT2D eigenvalue weighted by Crippen LogP contribution is -2.41. The van der Waals surface area contributed by atoms with Crippen LogP contribution in [0.15, 0.2) is 17.2 Å². The van der Waals surface area contributed by atoms with Crippen LogP contribution in [0.25, 0.3) is 0 Å². The van der Waals surface area contributed by atoms with Gasteiger partial charge in [-0.05, 0) is 57.4 Å². The molecule has 4 heteroatoms. The Labute approximate surface area is 119 Å². The van der Waals surface area contributed by atoms with Crippen LogP contribution in [-0.2, 0) is 0 Å². The smallest absolute Gasteiger partial charge is 0.107 e. The molecule has 0 aliphatic heterocycles. The highest BCUT2D eigenvalue weighted by atomic mass is 32.2. The van der Waals surface area contributed by atoms with Gasteiger partial charge in [-0.2, -0.15) is 5.26 Å². The van der Waals surface area contributed by atoms with Gasteiger partial charge in [-0.15, -0.1) is 11.8 Å². The normalized spacial score (nSPS) is 26.3. The molecule has 0 radical (unpaired) electrons. The highest BCUT2D eigenvalue weighted by Crippen LogP contribution is 2.39. The van der Waals surface area contributed by atoms with Crippen molar-refractivity contribution in [2.24, 2.45) is 0 Å². The van der Waals surface area contributed by atoms with Gasteiger partial charge in [0, 0.05) is 10.9 Å². The van der Waals surface area contributed by atoms with E-state index in [4.69, 9.17) is 0 Å². The minimum absolute atomic E-state index is 0.314. The third kappa shape index (κ3) is 3.49. The molecule has 0 spiro atoms. The molecule has 1 fully saturated rings. The predicted molar refractivity (Wildman–Crippen MR) is 79.2 cm³/mol. The number of pyridine rings is 1. The van der Waals surface area contributed by atoms with E-state index in [9.17, 15) is 5.26 Å². The maximum absolute atomic E-state index is 9.38. The molecule has 0 saturated heterocycles. The van der Waals surface area contributed by atoms with Crippen LogP contribution in [-0.4, -0.2) is 22.3 Å². The van der Waals surface area contributed by atoms with Crippen LogP contribution in [0.5, 0.6) is 0 Å². The number of hydrogen-bond acceptors (Lipinski definition) is 4. The molecule has 1 saturated carbocycles. The van der Waals surface area contributed by atoms with E-state index in [-0.39, 0.29) is 5.54 Å². The van der Waals surface area contributed by atoms with E-state index >= 15 is 0 Å². The zero-order valence-electron chi connectivity index (χ0n) is 11.9. The van der Waals surface area contributed by atoms with Crippen molar-refractivity contribution in [3.63, 3.8) is 0 Å². The predicted octanol–water partition coefficient (Wildman–Crippen LogP) is 3.21. The zero-order chi connectivity index (χ0) is 13.9. The van der Waals surface area contributed by atoms with Crippen molar-refractivity contribution < 1.29 is 0 Å². The Balaban J connectivity index is 2.04. The second-order valence-corrected chi connectivity index (χ2v) is 6.65. The number of thioether (sulfide) groups is 1. The molecule has 3 nitrogen and oxygen atoms in total. The topological polar surface area (TPSA) is 48.7 Å². The SMILES string of the molecule is CCNC1(C#N)CCC(Sc2cc(C)cc(C)n2)C1. The van der Waals surface area contributed by atoms with Gasteiger partial charge in [0.15, 0.2) is 0 Å². The molecule has 0 aromatic carbocycles. The molecule has 2 atom stereocenters. The Hall–Kier alpha value is -1.05. The average molecular weight is 275 g/mol. The number of hydrogen-bond donors (Lipinski definition) is 1. The summed E-state index contributed by atoms with van der Waals surface area (Å²) in [5, 5.41) is 14.3. The van der Waals surface area contributed by atoms with Crippen molar-refractivity contribution in [1.29, 1.82) is 5.26 Å². The second-order valence-electron chi connectivity index (χ2n) is 5.33. The van der Waals surface area contributed by atoms with E-state index in [1.165, 1.54) is 5.56 Å². The van der Waals surface area contributed by atoms with E-state index in [1.807, 2.05) is 18.7 Å². The number of rotatable bonds is 4. The van der Waals surface area contributed by atoms with Gasteiger partial charge in [-0.1, -0.05) is 6.92 Å². The van der Waals surface area contributed by atoms with Crippen LogP contribution in [0.2, 0.25) is 0 Å². The Bertz CT molecular complexity index is 474. The third-order valence-electron chi connectivity index (χ3n) is 3.56. The Kier molecular flexibility index (Phi) is 4.49. The molecule has 0 bridgehead atoms. The summed E-state index contributed by atoms with van der Waals surface area (Å²) in [4.78, 5) is 4.58. The largest absolute Gasteiger partial charge is 0.300 e. The van der Waals surface area contributed by atoms with Gasteiger partial charge in [-0.3, -0.25) is 5.32 Å². The van der Waals surface area contributed by atoms with Crippen molar-refractivity contribution >= 4 is 11.8 Å². The van der Waals surface area contributed by atoms with Crippen molar-refractivity contribution in [3.05, 3.63) is 23.4 Å². The van der Waals surface area contributed by atoms with Gasteiger partial charge in [0.2, 0.25) is 0 Å². The number of aromatic nitrogens is 1. The molecular weight excluding hydrogens is 254 g/mol. The monoisotopic (exact) mass is 275 g/mol. The lowest BCUT2D eigenvalue weighted by molar-refractivity contribution is 0.436. The van der Waals surface area contributed by atoms with Gasteiger partial charge in [0.05, 0.1) is 11.1 Å². The Morgan fingerprint density at radius 2 is 2.32 bits per heavy atom. The zero-order valence-corrected chi connectivity index (χ0v) is 12.7. The summed E-state index contributed by atoms with van der Waals surface area (Å²) in [7, 11) is 0.